The minimum atomic E-state index is -1.06. The molecule has 0 amide bonds. The molecule has 1 saturated carbocycles. The first-order valence-corrected chi connectivity index (χ1v) is 10.9. The molecule has 10 heteroatoms. The van der Waals surface area contributed by atoms with Gasteiger partial charge in [-0.3, -0.25) is 5.10 Å². The van der Waals surface area contributed by atoms with Gasteiger partial charge in [-0.15, -0.1) is 0 Å². The normalized spacial score (nSPS) is 16.2. The zero-order valence-electron chi connectivity index (χ0n) is 14.5. The zero-order chi connectivity index (χ0) is 18.8. The Balaban J connectivity index is 1.66. The summed E-state index contributed by atoms with van der Waals surface area (Å²) in [5, 5.41) is 19.2. The number of pyridine rings is 1. The van der Waals surface area contributed by atoms with Crippen LogP contribution in [0, 0.1) is 0 Å². The minimum Gasteiger partial charge on any atom is -0.611 e. The van der Waals surface area contributed by atoms with Gasteiger partial charge in [0.15, 0.2) is 0 Å². The topological polar surface area (TPSA) is 115 Å². The first-order chi connectivity index (χ1) is 13.7. The van der Waals surface area contributed by atoms with E-state index in [9.17, 15) is 9.66 Å². The molecule has 1 aliphatic carbocycles. The summed E-state index contributed by atoms with van der Waals surface area (Å²) in [6, 6.07) is 3.63. The Morgan fingerprint density at radius 2 is 2.11 bits per heavy atom. The number of nitrogens with zero attached hydrogens (tertiary/aromatic N) is 5. The highest BCUT2D eigenvalue weighted by Gasteiger charge is 2.35. The Hall–Kier alpha value is -2.69. The molecular formula is C18H14N6O2S2. The second-order valence-corrected chi connectivity index (χ2v) is 9.79. The molecule has 1 aliphatic rings. The highest BCUT2D eigenvalue weighted by molar-refractivity contribution is 7.94. The molecular weight excluding hydrogens is 396 g/mol. The van der Waals surface area contributed by atoms with E-state index in [0.717, 1.165) is 50.1 Å². The number of fused-ring (bicyclic) bond motifs is 2. The number of hydrogen-bond donors (Lipinski definition) is 2. The van der Waals surface area contributed by atoms with Crippen LogP contribution in [0.25, 0.3) is 37.9 Å². The fraction of sp³-hybridized carbons (Fsp3) is 0.222. The van der Waals surface area contributed by atoms with Gasteiger partial charge in [0, 0.05) is 34.5 Å². The van der Waals surface area contributed by atoms with Crippen molar-refractivity contribution < 1.29 is 9.66 Å². The van der Waals surface area contributed by atoms with Gasteiger partial charge in [0.25, 0.3) is 0 Å². The monoisotopic (exact) mass is 410 g/mol. The highest BCUT2D eigenvalue weighted by Crippen LogP contribution is 2.43. The van der Waals surface area contributed by atoms with Crippen LogP contribution >= 0.6 is 11.3 Å². The van der Waals surface area contributed by atoms with Crippen molar-refractivity contribution in [2.24, 2.45) is 0 Å². The van der Waals surface area contributed by atoms with E-state index in [4.69, 9.17) is 4.98 Å². The lowest BCUT2D eigenvalue weighted by Crippen LogP contribution is -2.28. The first kappa shape index (κ1) is 16.3. The zero-order valence-corrected chi connectivity index (χ0v) is 16.1. The molecule has 1 fully saturated rings. The molecule has 0 aliphatic heterocycles. The molecule has 0 saturated heterocycles. The summed E-state index contributed by atoms with van der Waals surface area (Å²) >= 11 is 0.408. The van der Waals surface area contributed by atoms with Crippen LogP contribution in [-0.4, -0.2) is 44.7 Å². The minimum absolute atomic E-state index is 0.221. The first-order valence-electron chi connectivity index (χ1n) is 8.90. The highest BCUT2D eigenvalue weighted by atomic mass is 32.2. The number of aromatic hydroxyl groups is 1. The standard InChI is InChI=1S/C18H14N6O2S2/c25-18-19-7-9(8-20-18)12-6-11-13-4-5-21-24(13)23-15-14(11)16(22-12)27-17(15)28(26)10-2-1-3-10/h4-8,10,23H,1-3H2,(H,19,20,25). The molecule has 1 unspecified atom stereocenters. The molecule has 28 heavy (non-hydrogen) atoms. The lowest BCUT2D eigenvalue weighted by molar-refractivity contribution is 0.430. The van der Waals surface area contributed by atoms with Crippen molar-refractivity contribution in [3.63, 3.8) is 0 Å². The van der Waals surface area contributed by atoms with Crippen molar-refractivity contribution in [1.82, 2.24) is 29.8 Å². The van der Waals surface area contributed by atoms with Gasteiger partial charge in [0.2, 0.25) is 4.21 Å². The fourth-order valence-corrected chi connectivity index (χ4v) is 6.83. The van der Waals surface area contributed by atoms with Gasteiger partial charge in [-0.05, 0) is 31.4 Å². The lowest BCUT2D eigenvalue weighted by atomic mass is 10.0. The molecule has 8 nitrogen and oxygen atoms in total. The number of rotatable bonds is 3. The van der Waals surface area contributed by atoms with Gasteiger partial charge in [-0.1, -0.05) is 11.3 Å². The second-order valence-electron chi connectivity index (χ2n) is 6.86. The summed E-state index contributed by atoms with van der Waals surface area (Å²) in [5.41, 5.74) is 3.17. The lowest BCUT2D eigenvalue weighted by Gasteiger charge is -2.26. The predicted molar refractivity (Wildman–Crippen MR) is 107 cm³/mol. The number of H-pyrrole nitrogens is 1. The average Bonchev–Trinajstić information content (AvgIpc) is 3.27. The van der Waals surface area contributed by atoms with Gasteiger partial charge >= 0.3 is 6.01 Å². The molecule has 5 aromatic heterocycles. The van der Waals surface area contributed by atoms with Crippen molar-refractivity contribution in [3.05, 3.63) is 30.7 Å². The van der Waals surface area contributed by atoms with Gasteiger partial charge in [0.05, 0.1) is 22.8 Å². The van der Waals surface area contributed by atoms with Gasteiger partial charge in [-0.2, -0.15) is 9.73 Å². The van der Waals surface area contributed by atoms with Crippen LogP contribution in [0.3, 0.4) is 0 Å². The molecule has 0 bridgehead atoms. The largest absolute Gasteiger partial charge is 0.611 e. The molecule has 0 spiro atoms. The van der Waals surface area contributed by atoms with Crippen LogP contribution in [0.4, 0.5) is 0 Å². The van der Waals surface area contributed by atoms with Crippen LogP contribution in [0.2, 0.25) is 0 Å². The van der Waals surface area contributed by atoms with Gasteiger partial charge in [0.1, 0.15) is 15.6 Å². The van der Waals surface area contributed by atoms with Crippen molar-refractivity contribution in [2.45, 2.75) is 28.7 Å². The van der Waals surface area contributed by atoms with Gasteiger partial charge in [-0.25, -0.2) is 15.0 Å². The Morgan fingerprint density at radius 3 is 2.86 bits per heavy atom. The fourth-order valence-electron chi connectivity index (χ4n) is 3.56. The van der Waals surface area contributed by atoms with E-state index in [2.05, 4.69) is 20.2 Å². The number of thiophene rings is 1. The van der Waals surface area contributed by atoms with Gasteiger partial charge < -0.3 is 9.66 Å². The van der Waals surface area contributed by atoms with E-state index in [-0.39, 0.29) is 11.3 Å². The summed E-state index contributed by atoms with van der Waals surface area (Å²) in [7, 11) is 0. The van der Waals surface area contributed by atoms with Crippen molar-refractivity contribution in [1.29, 1.82) is 0 Å². The Morgan fingerprint density at radius 1 is 1.29 bits per heavy atom. The number of nitrogens with one attached hydrogen (secondary N) is 1. The summed E-state index contributed by atoms with van der Waals surface area (Å²) in [4.78, 5) is 13.3. The van der Waals surface area contributed by atoms with Crippen LogP contribution < -0.4 is 0 Å². The smallest absolute Gasteiger partial charge is 0.313 e. The molecule has 1 atom stereocenters. The molecule has 0 aromatic carbocycles. The maximum atomic E-state index is 13.1. The summed E-state index contributed by atoms with van der Waals surface area (Å²) in [6.45, 7) is 0. The SMILES string of the molecule is [O-][S+](c1sc2nc(-c3cnc(O)nc3)cc3c2c1[nH]n1nccc31)C1CCC1. The van der Waals surface area contributed by atoms with E-state index in [0.29, 0.717) is 11.3 Å². The van der Waals surface area contributed by atoms with E-state index in [1.807, 2.05) is 12.1 Å². The quantitative estimate of drug-likeness (QED) is 0.441. The Bertz CT molecular complexity index is 1340. The van der Waals surface area contributed by atoms with Crippen molar-refractivity contribution in [2.75, 3.05) is 0 Å². The Kier molecular flexibility index (Phi) is 3.43. The molecule has 5 heterocycles. The van der Waals surface area contributed by atoms with Crippen LogP contribution in [-0.2, 0) is 11.2 Å². The third kappa shape index (κ3) is 2.28. The third-order valence-corrected chi connectivity index (χ3v) is 8.51. The van der Waals surface area contributed by atoms with Crippen LogP contribution in [0.15, 0.2) is 34.9 Å². The third-order valence-electron chi connectivity index (χ3n) is 5.24. The van der Waals surface area contributed by atoms with Crippen LogP contribution in [0.1, 0.15) is 19.3 Å². The van der Waals surface area contributed by atoms with Crippen molar-refractivity contribution in [3.8, 4) is 17.3 Å². The van der Waals surface area contributed by atoms with E-state index in [1.165, 1.54) is 11.3 Å². The number of aromatic amines is 1. The van der Waals surface area contributed by atoms with Crippen molar-refractivity contribution >= 4 is 49.1 Å². The maximum Gasteiger partial charge on any atom is 0.313 e. The molecule has 6 rings (SSSR count). The van der Waals surface area contributed by atoms with E-state index >= 15 is 0 Å². The maximum absolute atomic E-state index is 13.1. The molecule has 140 valence electrons. The molecule has 2 N–H and O–H groups in total. The summed E-state index contributed by atoms with van der Waals surface area (Å²) < 4.78 is 15.7. The summed E-state index contributed by atoms with van der Waals surface area (Å²) in [5.74, 6) is 0. The molecule has 0 radical (unpaired) electrons. The number of hydrogen-bond acceptors (Lipinski definition) is 7. The average molecular weight is 410 g/mol. The Labute approximate surface area is 165 Å². The van der Waals surface area contributed by atoms with E-state index in [1.54, 1.807) is 23.2 Å². The molecule has 5 aromatic rings. The van der Waals surface area contributed by atoms with Crippen LogP contribution in [0.5, 0.6) is 6.01 Å². The summed E-state index contributed by atoms with van der Waals surface area (Å²) in [6.07, 6.45) is 7.97. The van der Waals surface area contributed by atoms with E-state index < -0.39 is 11.2 Å². The number of aromatic nitrogens is 6. The second kappa shape index (κ2) is 5.90. The predicted octanol–water partition coefficient (Wildman–Crippen LogP) is 3.25.